The number of rotatable bonds is 4. The highest BCUT2D eigenvalue weighted by atomic mass is 19.1. The number of nitrogens with one attached hydrogen (secondary N) is 1. The third-order valence-electron chi connectivity index (χ3n) is 5.83. The summed E-state index contributed by atoms with van der Waals surface area (Å²) in [4.78, 5) is 16.8. The van der Waals surface area contributed by atoms with Crippen molar-refractivity contribution in [1.29, 1.82) is 0 Å². The molecule has 9 heteroatoms. The summed E-state index contributed by atoms with van der Waals surface area (Å²) >= 11 is 0. The van der Waals surface area contributed by atoms with Gasteiger partial charge in [0.2, 0.25) is 0 Å². The Hall–Kier alpha value is -3.33. The Morgan fingerprint density at radius 1 is 1.27 bits per heavy atom. The average molecular weight is 408 g/mol. The number of carbonyl (C=O) groups excluding carboxylic acids is 1. The van der Waals surface area contributed by atoms with Gasteiger partial charge in [0.1, 0.15) is 11.4 Å². The van der Waals surface area contributed by atoms with E-state index in [9.17, 15) is 14.3 Å². The Balaban J connectivity index is 1.40. The molecule has 1 fully saturated rings. The highest BCUT2D eigenvalue weighted by molar-refractivity contribution is 6.08. The van der Waals surface area contributed by atoms with E-state index in [1.54, 1.807) is 24.5 Å². The molecule has 0 bridgehead atoms. The van der Waals surface area contributed by atoms with Crippen molar-refractivity contribution in [2.24, 2.45) is 5.92 Å². The Morgan fingerprint density at radius 3 is 2.90 bits per heavy atom. The van der Waals surface area contributed by atoms with Gasteiger partial charge in [-0.2, -0.15) is 10.2 Å². The quantitative estimate of drug-likeness (QED) is 0.541. The van der Waals surface area contributed by atoms with E-state index >= 15 is 0 Å². The molecule has 2 N–H and O–H groups in total. The number of nitrogens with zero attached hydrogens (tertiary/aromatic N) is 5. The molecule has 0 atom stereocenters. The molecular formula is C21H21FN6O2. The summed E-state index contributed by atoms with van der Waals surface area (Å²) in [6.07, 6.45) is 10.4. The highest BCUT2D eigenvalue weighted by Gasteiger charge is 2.23. The number of hydrogen-bond acceptors (Lipinski definition) is 5. The molecule has 1 saturated carbocycles. The summed E-state index contributed by atoms with van der Waals surface area (Å²) in [5.41, 5.74) is 1.31. The molecule has 1 aliphatic carbocycles. The molecule has 1 aliphatic rings. The molecular weight excluding hydrogens is 387 g/mol. The van der Waals surface area contributed by atoms with Gasteiger partial charge in [0, 0.05) is 36.7 Å². The zero-order chi connectivity index (χ0) is 20.7. The first-order chi connectivity index (χ1) is 14.6. The molecule has 3 heterocycles. The van der Waals surface area contributed by atoms with Gasteiger partial charge in [0.25, 0.3) is 5.91 Å². The van der Waals surface area contributed by atoms with Gasteiger partial charge in [0.15, 0.2) is 5.65 Å². The number of aliphatic hydroxyl groups excluding tert-OH is 1. The monoisotopic (exact) mass is 408 g/mol. The Morgan fingerprint density at radius 2 is 2.10 bits per heavy atom. The van der Waals surface area contributed by atoms with E-state index in [0.717, 1.165) is 31.1 Å². The van der Waals surface area contributed by atoms with Crippen molar-refractivity contribution < 1.29 is 14.3 Å². The standard InChI is InChI=1S/C21H21FN6O2/c22-17-9-18-14(11-28(26-18)15-4-2-13(12-29)3-5-15)8-19(17)25-21(30)16-10-24-27-7-1-6-23-20(16)27/h1,6-11,13,15,29H,2-5,12H2,(H,25,30). The van der Waals surface area contributed by atoms with Crippen LogP contribution in [0.15, 0.2) is 43.0 Å². The van der Waals surface area contributed by atoms with Crippen molar-refractivity contribution >= 4 is 28.1 Å². The first kappa shape index (κ1) is 18.7. The predicted octanol–water partition coefficient (Wildman–Crippen LogP) is 3.19. The van der Waals surface area contributed by atoms with Gasteiger partial charge >= 0.3 is 0 Å². The maximum atomic E-state index is 14.7. The first-order valence-electron chi connectivity index (χ1n) is 10.0. The molecule has 30 heavy (non-hydrogen) atoms. The molecule has 0 aliphatic heterocycles. The fraction of sp³-hybridized carbons (Fsp3) is 0.333. The lowest BCUT2D eigenvalue weighted by molar-refractivity contribution is 0.102. The molecule has 154 valence electrons. The predicted molar refractivity (Wildman–Crippen MR) is 109 cm³/mol. The number of hydrogen-bond donors (Lipinski definition) is 2. The van der Waals surface area contributed by atoms with Crippen molar-refractivity contribution in [3.63, 3.8) is 0 Å². The van der Waals surface area contributed by atoms with Crippen LogP contribution in [0.2, 0.25) is 0 Å². The Kier molecular flexibility index (Phi) is 4.66. The minimum atomic E-state index is -0.547. The summed E-state index contributed by atoms with van der Waals surface area (Å²) in [7, 11) is 0. The van der Waals surface area contributed by atoms with Crippen molar-refractivity contribution in [2.75, 3.05) is 11.9 Å². The molecule has 1 aromatic carbocycles. The van der Waals surface area contributed by atoms with Crippen LogP contribution >= 0.6 is 0 Å². The van der Waals surface area contributed by atoms with Gasteiger partial charge in [-0.15, -0.1) is 0 Å². The number of benzene rings is 1. The fourth-order valence-electron chi connectivity index (χ4n) is 4.12. The van der Waals surface area contributed by atoms with E-state index < -0.39 is 11.7 Å². The van der Waals surface area contributed by atoms with Crippen molar-refractivity contribution in [3.8, 4) is 0 Å². The molecule has 4 aromatic rings. The molecule has 0 radical (unpaired) electrons. The Labute approximate surface area is 171 Å². The number of fused-ring (bicyclic) bond motifs is 2. The van der Waals surface area contributed by atoms with E-state index in [2.05, 4.69) is 20.5 Å². The summed E-state index contributed by atoms with van der Waals surface area (Å²) < 4.78 is 18.0. The number of aromatic nitrogens is 5. The lowest BCUT2D eigenvalue weighted by Crippen LogP contribution is -2.20. The van der Waals surface area contributed by atoms with Crippen LogP contribution in [0.1, 0.15) is 42.1 Å². The maximum Gasteiger partial charge on any atom is 0.261 e. The van der Waals surface area contributed by atoms with Crippen LogP contribution in [-0.2, 0) is 0 Å². The van der Waals surface area contributed by atoms with Crippen LogP contribution in [0.25, 0.3) is 16.6 Å². The lowest BCUT2D eigenvalue weighted by atomic mass is 9.87. The number of carbonyl (C=O) groups is 1. The maximum absolute atomic E-state index is 14.7. The fourth-order valence-corrected chi connectivity index (χ4v) is 4.12. The topological polar surface area (TPSA) is 97.3 Å². The normalized spacial score (nSPS) is 19.4. The number of anilines is 1. The van der Waals surface area contributed by atoms with Crippen LogP contribution in [-0.4, -0.2) is 42.0 Å². The first-order valence-corrected chi connectivity index (χ1v) is 10.0. The van der Waals surface area contributed by atoms with E-state index in [1.807, 2.05) is 10.9 Å². The average Bonchev–Trinajstić information content (AvgIpc) is 3.38. The molecule has 0 spiro atoms. The number of aliphatic hydroxyl groups is 1. The van der Waals surface area contributed by atoms with E-state index in [1.165, 1.54) is 16.8 Å². The van der Waals surface area contributed by atoms with Gasteiger partial charge in [0.05, 0.1) is 23.4 Å². The van der Waals surface area contributed by atoms with Gasteiger partial charge in [-0.1, -0.05) is 0 Å². The minimum Gasteiger partial charge on any atom is -0.396 e. The third kappa shape index (κ3) is 3.30. The largest absolute Gasteiger partial charge is 0.396 e. The summed E-state index contributed by atoms with van der Waals surface area (Å²) in [5, 5.41) is 21.3. The lowest BCUT2D eigenvalue weighted by Gasteiger charge is -2.27. The van der Waals surface area contributed by atoms with Crippen molar-refractivity contribution in [2.45, 2.75) is 31.7 Å². The number of amides is 1. The molecule has 3 aromatic heterocycles. The van der Waals surface area contributed by atoms with Crippen molar-refractivity contribution in [3.05, 3.63) is 54.4 Å². The van der Waals surface area contributed by atoms with Gasteiger partial charge in [-0.3, -0.25) is 9.48 Å². The highest BCUT2D eigenvalue weighted by Crippen LogP contribution is 2.33. The van der Waals surface area contributed by atoms with Gasteiger partial charge in [-0.05, 0) is 43.7 Å². The van der Waals surface area contributed by atoms with Crippen LogP contribution in [0.4, 0.5) is 10.1 Å². The van der Waals surface area contributed by atoms with Crippen LogP contribution < -0.4 is 5.32 Å². The SMILES string of the molecule is O=C(Nc1cc2cn(C3CCC(CO)CC3)nc2cc1F)c1cnn2cccnc12. The summed E-state index contributed by atoms with van der Waals surface area (Å²) in [6, 6.07) is 4.90. The molecule has 8 nitrogen and oxygen atoms in total. The van der Waals surface area contributed by atoms with Crippen LogP contribution in [0.5, 0.6) is 0 Å². The zero-order valence-electron chi connectivity index (χ0n) is 16.2. The van der Waals surface area contributed by atoms with E-state index in [-0.39, 0.29) is 23.9 Å². The molecule has 5 rings (SSSR count). The summed E-state index contributed by atoms with van der Waals surface area (Å²) in [6.45, 7) is 0.226. The number of halogens is 1. The van der Waals surface area contributed by atoms with E-state index in [0.29, 0.717) is 17.1 Å². The molecule has 0 saturated heterocycles. The van der Waals surface area contributed by atoms with Crippen LogP contribution in [0.3, 0.4) is 0 Å². The summed E-state index contributed by atoms with van der Waals surface area (Å²) in [5.74, 6) is -0.661. The van der Waals surface area contributed by atoms with E-state index in [4.69, 9.17) is 0 Å². The van der Waals surface area contributed by atoms with Gasteiger partial charge < -0.3 is 10.4 Å². The molecule has 1 amide bonds. The minimum absolute atomic E-state index is 0.0892. The third-order valence-corrected chi connectivity index (χ3v) is 5.83. The smallest absolute Gasteiger partial charge is 0.261 e. The Bertz CT molecular complexity index is 1220. The second kappa shape index (κ2) is 7.49. The zero-order valence-corrected chi connectivity index (χ0v) is 16.2. The van der Waals surface area contributed by atoms with Crippen molar-refractivity contribution in [1.82, 2.24) is 24.4 Å². The molecule has 0 unspecified atom stereocenters. The second-order valence-electron chi connectivity index (χ2n) is 7.76. The van der Waals surface area contributed by atoms with Gasteiger partial charge in [-0.25, -0.2) is 13.9 Å². The second-order valence-corrected chi connectivity index (χ2v) is 7.76. The van der Waals surface area contributed by atoms with Crippen LogP contribution in [0, 0.1) is 11.7 Å².